The predicted octanol–water partition coefficient (Wildman–Crippen LogP) is 39.2. The van der Waals surface area contributed by atoms with Gasteiger partial charge in [-0.25, -0.2) is 0 Å². The first-order chi connectivity index (χ1) is 68.6. The topological polar surface area (TPSA) is 0 Å². The fourth-order valence-electron chi connectivity index (χ4n) is 23.6. The fraction of sp³-hybridized carbons (Fsp3) is 0. The standard InChI is InChI=1S/2C48H30.C42H26/c1-3-19-33-31(15-1)17-13-29-35(33)45-37-21-5-9-25-41(37)47(42-26-10-6-22-38(42)45)48-43-27-11-7-23-39(43)46(40-24-8-12-28-44(40)48)36-30-14-18-32-16-2-4-20-34(32)36;1-3-15-33-29-35(27-25-31(33)13-1)45-37-17-5-9-21-41(37)47(42-22-10-6-18-38(42)45)48-43-23-11-7-19-39(43)46(40-20-8-12-24-44(40)48)36-28-26-32-14-2-4-16-34(32)30-36;1-3-15-29-27(13-1)25-39(33-19-7-5-17-31(29)33)41-35-21-9-11-23-37(35)42(38-24-12-10-22-36(38)41)40-26-28-14-2-4-16-30(28)32-18-6-8-20-34(32)40/h2*1-30H;1-26H. The largest absolute Gasteiger partial charge is 0.0616 e. The third-order valence-electron chi connectivity index (χ3n) is 29.4. The Morgan fingerprint density at radius 1 is 0.0725 bits per heavy atom. The molecule has 0 N–H and O–H groups in total. The highest BCUT2D eigenvalue weighted by Crippen LogP contribution is 2.56. The van der Waals surface area contributed by atoms with Gasteiger partial charge >= 0.3 is 0 Å². The van der Waals surface area contributed by atoms with Crippen LogP contribution in [-0.4, -0.2) is 0 Å². The lowest BCUT2D eigenvalue weighted by Crippen LogP contribution is -1.95. The summed E-state index contributed by atoms with van der Waals surface area (Å²) in [5, 5.41) is 45.9. The van der Waals surface area contributed by atoms with Gasteiger partial charge in [0.05, 0.1) is 0 Å². The minimum atomic E-state index is 1.24. The van der Waals surface area contributed by atoms with E-state index in [1.807, 2.05) is 0 Å². The quantitative estimate of drug-likeness (QED) is 0.105. The van der Waals surface area contributed by atoms with E-state index in [4.69, 9.17) is 0 Å². The SMILES string of the molecule is c1ccc2c(-c3c4ccccc4c(-c4c5ccccc5c(-c5cccc6ccccc56)c5ccccc45)c4ccccc34)cccc2c1.c1ccc2c(c1)cc(-c1c3ccccc3c(-c3cc4ccccc4c4ccccc34)c3ccccc13)c1ccccc12.c1ccc2cc(-c3c4ccccc4c(-c4c5ccccc5c(-c5ccc6ccccc6c5)c5ccccc45)c4ccccc34)ccc2c1. The van der Waals surface area contributed by atoms with Gasteiger partial charge in [-0.3, -0.25) is 0 Å². The third kappa shape index (κ3) is 12.9. The molecule has 29 aromatic carbocycles. The Labute approximate surface area is 798 Å². The molecule has 0 saturated heterocycles. The molecule has 638 valence electrons. The Morgan fingerprint density at radius 3 is 0.507 bits per heavy atom. The molecule has 138 heavy (non-hydrogen) atoms. The van der Waals surface area contributed by atoms with Crippen LogP contribution in [-0.2, 0) is 0 Å². The molecule has 0 aromatic heterocycles. The van der Waals surface area contributed by atoms with Gasteiger partial charge < -0.3 is 0 Å². The lowest BCUT2D eigenvalue weighted by atomic mass is 9.80. The van der Waals surface area contributed by atoms with Gasteiger partial charge in [0, 0.05) is 0 Å². The molecule has 0 fully saturated rings. The summed E-state index contributed by atoms with van der Waals surface area (Å²) in [6, 6.07) is 192. The number of fused-ring (bicyclic) bond motifs is 20. The lowest BCUT2D eigenvalue weighted by Gasteiger charge is -2.23. The van der Waals surface area contributed by atoms with E-state index in [-0.39, 0.29) is 0 Å². The minimum Gasteiger partial charge on any atom is -0.0616 e. The summed E-state index contributed by atoms with van der Waals surface area (Å²) in [6.45, 7) is 0. The van der Waals surface area contributed by atoms with Crippen LogP contribution < -0.4 is 0 Å². The summed E-state index contributed by atoms with van der Waals surface area (Å²) >= 11 is 0. The average molecular weight is 1740 g/mol. The molecule has 0 aliphatic rings. The highest BCUT2D eigenvalue weighted by atomic mass is 14.3. The Kier molecular flexibility index (Phi) is 19.1. The van der Waals surface area contributed by atoms with Gasteiger partial charge in [-0.05, 0) is 307 Å². The lowest BCUT2D eigenvalue weighted by molar-refractivity contribution is 1.68. The zero-order valence-corrected chi connectivity index (χ0v) is 75.7. The van der Waals surface area contributed by atoms with Crippen molar-refractivity contribution in [2.75, 3.05) is 0 Å². The second-order valence-electron chi connectivity index (χ2n) is 36.8. The van der Waals surface area contributed by atoms with Crippen molar-refractivity contribution in [2.45, 2.75) is 0 Å². The molecule has 0 atom stereocenters. The molecule has 0 unspecified atom stereocenters. The van der Waals surface area contributed by atoms with Crippen LogP contribution >= 0.6 is 0 Å². The van der Waals surface area contributed by atoms with Crippen LogP contribution in [0.3, 0.4) is 0 Å². The molecular formula is C138H86. The van der Waals surface area contributed by atoms with Crippen molar-refractivity contribution in [3.05, 3.63) is 522 Å². The maximum Gasteiger partial charge on any atom is -0.00139 e. The highest BCUT2D eigenvalue weighted by Gasteiger charge is 2.28. The monoisotopic (exact) mass is 1740 g/mol. The first-order valence-corrected chi connectivity index (χ1v) is 48.0. The first kappa shape index (κ1) is 79.8. The molecule has 0 heteroatoms. The van der Waals surface area contributed by atoms with Gasteiger partial charge in [0.25, 0.3) is 0 Å². The fourth-order valence-corrected chi connectivity index (χ4v) is 23.6. The second kappa shape index (κ2) is 33.1. The number of hydrogen-bond acceptors (Lipinski definition) is 0. The molecule has 0 spiro atoms. The first-order valence-electron chi connectivity index (χ1n) is 48.0. The predicted molar refractivity (Wildman–Crippen MR) is 598 cm³/mol. The molecule has 0 heterocycles. The number of hydrogen-bond donors (Lipinski definition) is 0. The number of rotatable bonds is 8. The smallest absolute Gasteiger partial charge is 0.00139 e. The van der Waals surface area contributed by atoms with Crippen molar-refractivity contribution >= 4 is 194 Å². The van der Waals surface area contributed by atoms with Crippen molar-refractivity contribution in [3.63, 3.8) is 0 Å². The van der Waals surface area contributed by atoms with Gasteiger partial charge in [-0.15, -0.1) is 0 Å². The van der Waals surface area contributed by atoms with Gasteiger partial charge in [0.2, 0.25) is 0 Å². The summed E-state index contributed by atoms with van der Waals surface area (Å²) in [7, 11) is 0. The molecule has 0 saturated carbocycles. The Morgan fingerprint density at radius 2 is 0.246 bits per heavy atom. The van der Waals surface area contributed by atoms with Crippen molar-refractivity contribution in [1.29, 1.82) is 0 Å². The van der Waals surface area contributed by atoms with E-state index in [1.54, 1.807) is 0 Å². The van der Waals surface area contributed by atoms with Gasteiger partial charge in [0.1, 0.15) is 0 Å². The molecular weight excluding hydrogens is 1660 g/mol. The molecule has 0 nitrogen and oxygen atoms in total. The zero-order chi connectivity index (χ0) is 90.8. The van der Waals surface area contributed by atoms with E-state index >= 15 is 0 Å². The molecule has 0 bridgehead atoms. The summed E-state index contributed by atoms with van der Waals surface area (Å²) in [6.07, 6.45) is 0. The highest BCUT2D eigenvalue weighted by molar-refractivity contribution is 6.35. The third-order valence-corrected chi connectivity index (χ3v) is 29.4. The van der Waals surface area contributed by atoms with E-state index in [2.05, 4.69) is 522 Å². The summed E-state index contributed by atoms with van der Waals surface area (Å²) < 4.78 is 0. The van der Waals surface area contributed by atoms with Crippen LogP contribution in [0.1, 0.15) is 0 Å². The maximum absolute atomic E-state index is 2.40. The van der Waals surface area contributed by atoms with Crippen LogP contribution in [0, 0.1) is 0 Å². The minimum absolute atomic E-state index is 1.24. The van der Waals surface area contributed by atoms with Gasteiger partial charge in [-0.1, -0.05) is 497 Å². The molecule has 0 aliphatic heterocycles. The molecule has 29 aromatic rings. The van der Waals surface area contributed by atoms with E-state index in [0.29, 0.717) is 0 Å². The Bertz CT molecular complexity index is 9260. The van der Waals surface area contributed by atoms with E-state index in [0.717, 1.165) is 0 Å². The van der Waals surface area contributed by atoms with Gasteiger partial charge in [-0.2, -0.15) is 0 Å². The summed E-state index contributed by atoms with van der Waals surface area (Å²) in [4.78, 5) is 0. The van der Waals surface area contributed by atoms with Crippen LogP contribution in [0.4, 0.5) is 0 Å². The Balaban J connectivity index is 0.000000105. The van der Waals surface area contributed by atoms with Crippen molar-refractivity contribution < 1.29 is 0 Å². The van der Waals surface area contributed by atoms with E-state index < -0.39 is 0 Å². The van der Waals surface area contributed by atoms with Crippen LogP contribution in [0.2, 0.25) is 0 Å². The normalized spacial score (nSPS) is 11.8. The van der Waals surface area contributed by atoms with Gasteiger partial charge in [0.15, 0.2) is 0 Å². The summed E-state index contributed by atoms with van der Waals surface area (Å²) in [5.74, 6) is 0. The zero-order valence-electron chi connectivity index (χ0n) is 75.7. The average Bonchev–Trinajstić information content (AvgIpc) is 0.706. The van der Waals surface area contributed by atoms with Crippen LogP contribution in [0.5, 0.6) is 0 Å². The number of benzene rings is 29. The van der Waals surface area contributed by atoms with Crippen LogP contribution in [0.15, 0.2) is 522 Å². The van der Waals surface area contributed by atoms with E-state index in [1.165, 1.54) is 283 Å². The van der Waals surface area contributed by atoms with Crippen molar-refractivity contribution in [3.8, 4) is 89.0 Å². The second-order valence-corrected chi connectivity index (χ2v) is 36.8. The molecule has 0 aliphatic carbocycles. The van der Waals surface area contributed by atoms with Crippen LogP contribution in [0.25, 0.3) is 283 Å². The molecule has 0 amide bonds. The van der Waals surface area contributed by atoms with E-state index in [9.17, 15) is 0 Å². The summed E-state index contributed by atoms with van der Waals surface area (Å²) in [5.41, 5.74) is 20.5. The molecule has 0 radical (unpaired) electrons. The molecule has 29 rings (SSSR count). The Hall–Kier alpha value is -17.9. The maximum atomic E-state index is 2.40. The van der Waals surface area contributed by atoms with Crippen molar-refractivity contribution in [1.82, 2.24) is 0 Å². The van der Waals surface area contributed by atoms with Crippen molar-refractivity contribution in [2.24, 2.45) is 0 Å².